The highest BCUT2D eigenvalue weighted by Crippen LogP contribution is 2.23. The van der Waals surface area contributed by atoms with Crippen LogP contribution in [0.5, 0.6) is 0 Å². The molecule has 0 aromatic carbocycles. The first-order chi connectivity index (χ1) is 15.8. The van der Waals surface area contributed by atoms with Crippen LogP contribution in [0.25, 0.3) is 0 Å². The summed E-state index contributed by atoms with van der Waals surface area (Å²) in [6, 6.07) is 4.96. The number of nitrogens with zero attached hydrogens (tertiary/aromatic N) is 7. The van der Waals surface area contributed by atoms with Gasteiger partial charge < -0.3 is 30.0 Å². The van der Waals surface area contributed by atoms with E-state index in [1.165, 1.54) is 28.8 Å². The molecule has 0 unspecified atom stereocenters. The standard InChI is InChI=1S/C19H22N8O5S/c1-13(28)20-11-15-12-25(19(29)32-15)14-2-3-16(21-10-14)23-6-8-24(9-7-23)18(33)26-5-4-17(22-26)27(30)31/h2-5,10,15H,6-9,11-12H2,1H3,(H,20,28)/t15-/m0/s1. The van der Waals surface area contributed by atoms with Gasteiger partial charge in [0.1, 0.15) is 11.9 Å². The minimum Gasteiger partial charge on any atom is -0.442 e. The van der Waals surface area contributed by atoms with E-state index in [1.807, 2.05) is 17.0 Å². The van der Waals surface area contributed by atoms with Crippen molar-refractivity contribution in [2.75, 3.05) is 49.1 Å². The fraction of sp³-hybridized carbons (Fsp3) is 0.421. The second-order valence-corrected chi connectivity index (χ2v) is 7.93. The minimum absolute atomic E-state index is 0.178. The molecule has 1 atom stereocenters. The van der Waals surface area contributed by atoms with E-state index in [-0.39, 0.29) is 18.3 Å². The molecule has 2 aliphatic heterocycles. The Morgan fingerprint density at radius 2 is 2.06 bits per heavy atom. The van der Waals surface area contributed by atoms with Crippen molar-refractivity contribution in [1.82, 2.24) is 25.0 Å². The van der Waals surface area contributed by atoms with Crippen molar-refractivity contribution in [3.05, 3.63) is 40.7 Å². The molecule has 0 saturated carbocycles. The summed E-state index contributed by atoms with van der Waals surface area (Å²) in [6.45, 7) is 4.54. The summed E-state index contributed by atoms with van der Waals surface area (Å²) in [6.07, 6.45) is 2.23. The average Bonchev–Trinajstić information content (AvgIpc) is 3.45. The number of thiocarbonyl (C=S) groups is 1. The number of pyridine rings is 1. The van der Waals surface area contributed by atoms with E-state index in [0.717, 1.165) is 5.82 Å². The summed E-state index contributed by atoms with van der Waals surface area (Å²) in [5, 5.41) is 17.8. The number of anilines is 2. The number of nitro groups is 1. The molecule has 0 radical (unpaired) electrons. The molecular formula is C19H22N8O5S. The van der Waals surface area contributed by atoms with Crippen LogP contribution in [-0.2, 0) is 9.53 Å². The van der Waals surface area contributed by atoms with Crippen LogP contribution in [0.3, 0.4) is 0 Å². The van der Waals surface area contributed by atoms with Crippen molar-refractivity contribution in [2.24, 2.45) is 0 Å². The van der Waals surface area contributed by atoms with Gasteiger partial charge in [0, 0.05) is 33.1 Å². The van der Waals surface area contributed by atoms with Gasteiger partial charge in [-0.2, -0.15) is 0 Å². The third-order valence-electron chi connectivity index (χ3n) is 5.33. The molecule has 4 heterocycles. The molecule has 14 heteroatoms. The van der Waals surface area contributed by atoms with E-state index >= 15 is 0 Å². The van der Waals surface area contributed by atoms with Crippen molar-refractivity contribution in [1.29, 1.82) is 0 Å². The quantitative estimate of drug-likeness (QED) is 0.372. The number of nitrogens with one attached hydrogen (secondary N) is 1. The van der Waals surface area contributed by atoms with Crippen LogP contribution in [0, 0.1) is 10.1 Å². The summed E-state index contributed by atoms with van der Waals surface area (Å²) < 4.78 is 6.62. The molecule has 13 nitrogen and oxygen atoms in total. The summed E-state index contributed by atoms with van der Waals surface area (Å²) in [5.74, 6) is 0.340. The van der Waals surface area contributed by atoms with Gasteiger partial charge in [0.05, 0.1) is 42.3 Å². The van der Waals surface area contributed by atoms with Crippen LogP contribution in [0.2, 0.25) is 0 Å². The van der Waals surface area contributed by atoms with Gasteiger partial charge in [0.25, 0.3) is 0 Å². The first kappa shape index (κ1) is 22.4. The molecule has 1 N–H and O–H groups in total. The SMILES string of the molecule is CC(=O)NC[C@H]1CN(c2ccc(N3CCN(C(=S)n4ccc([N+](=O)[O-])n4)CC3)nc2)C(=O)O1. The number of carbonyl (C=O) groups excluding carboxylic acids is 2. The van der Waals surface area contributed by atoms with Gasteiger partial charge in [-0.3, -0.25) is 9.69 Å². The Hall–Kier alpha value is -3.81. The van der Waals surface area contributed by atoms with Crippen LogP contribution >= 0.6 is 12.2 Å². The van der Waals surface area contributed by atoms with Gasteiger partial charge in [-0.25, -0.2) is 9.78 Å². The topological polar surface area (TPSA) is 139 Å². The number of piperazine rings is 1. The summed E-state index contributed by atoms with van der Waals surface area (Å²) >= 11 is 5.42. The molecule has 174 valence electrons. The fourth-order valence-electron chi connectivity index (χ4n) is 3.61. The third kappa shape index (κ3) is 5.00. The molecule has 2 saturated heterocycles. The van der Waals surface area contributed by atoms with Crippen molar-refractivity contribution >= 4 is 46.7 Å². The zero-order valence-electron chi connectivity index (χ0n) is 17.8. The Morgan fingerprint density at radius 1 is 1.30 bits per heavy atom. The second kappa shape index (κ2) is 9.36. The molecule has 2 fully saturated rings. The second-order valence-electron chi connectivity index (χ2n) is 7.56. The number of hydrogen-bond acceptors (Lipinski definition) is 9. The maximum Gasteiger partial charge on any atom is 0.414 e. The molecule has 33 heavy (non-hydrogen) atoms. The Kier molecular flexibility index (Phi) is 6.35. The Labute approximate surface area is 194 Å². The molecule has 0 aliphatic carbocycles. The summed E-state index contributed by atoms with van der Waals surface area (Å²) in [4.78, 5) is 43.5. The minimum atomic E-state index is -0.558. The maximum atomic E-state index is 12.2. The van der Waals surface area contributed by atoms with Crippen LogP contribution in [0.15, 0.2) is 30.6 Å². The van der Waals surface area contributed by atoms with Gasteiger partial charge >= 0.3 is 11.9 Å². The smallest absolute Gasteiger partial charge is 0.414 e. The van der Waals surface area contributed by atoms with E-state index in [2.05, 4.69) is 20.3 Å². The lowest BCUT2D eigenvalue weighted by molar-refractivity contribution is -0.389. The van der Waals surface area contributed by atoms with Crippen LogP contribution < -0.4 is 15.1 Å². The number of carbonyl (C=O) groups is 2. The van der Waals surface area contributed by atoms with E-state index in [4.69, 9.17) is 17.0 Å². The first-order valence-electron chi connectivity index (χ1n) is 10.2. The Morgan fingerprint density at radius 3 is 2.67 bits per heavy atom. The van der Waals surface area contributed by atoms with Crippen molar-refractivity contribution in [3.8, 4) is 0 Å². The Bertz CT molecular complexity index is 1070. The maximum absolute atomic E-state index is 12.2. The van der Waals surface area contributed by atoms with Crippen LogP contribution in [0.4, 0.5) is 22.1 Å². The number of ether oxygens (including phenoxy) is 1. The lowest BCUT2D eigenvalue weighted by atomic mass is 10.3. The zero-order chi connectivity index (χ0) is 23.5. The van der Waals surface area contributed by atoms with Crippen molar-refractivity contribution < 1.29 is 19.2 Å². The number of cyclic esters (lactones) is 1. The van der Waals surface area contributed by atoms with E-state index in [1.54, 1.807) is 6.20 Å². The average molecular weight is 475 g/mol. The lowest BCUT2D eigenvalue weighted by Gasteiger charge is -2.36. The van der Waals surface area contributed by atoms with Crippen molar-refractivity contribution in [2.45, 2.75) is 13.0 Å². The highest BCUT2D eigenvalue weighted by atomic mass is 32.1. The molecule has 2 amide bonds. The normalized spacial score (nSPS) is 18.3. The largest absolute Gasteiger partial charge is 0.442 e. The summed E-state index contributed by atoms with van der Waals surface area (Å²) in [5.41, 5.74) is 0.620. The summed E-state index contributed by atoms with van der Waals surface area (Å²) in [7, 11) is 0. The van der Waals surface area contributed by atoms with E-state index < -0.39 is 17.1 Å². The molecule has 2 aromatic heterocycles. The fourth-order valence-corrected chi connectivity index (χ4v) is 3.90. The molecular weight excluding hydrogens is 452 g/mol. The number of aromatic nitrogens is 3. The van der Waals surface area contributed by atoms with Gasteiger partial charge in [0.2, 0.25) is 11.0 Å². The first-order valence-corrected chi connectivity index (χ1v) is 10.7. The van der Waals surface area contributed by atoms with E-state index in [9.17, 15) is 19.7 Å². The molecule has 2 aromatic rings. The third-order valence-corrected chi connectivity index (χ3v) is 5.77. The van der Waals surface area contributed by atoms with Gasteiger partial charge in [-0.1, -0.05) is 0 Å². The molecule has 4 rings (SSSR count). The predicted molar refractivity (Wildman–Crippen MR) is 121 cm³/mol. The molecule has 2 aliphatic rings. The predicted octanol–water partition coefficient (Wildman–Crippen LogP) is 0.603. The van der Waals surface area contributed by atoms with Crippen LogP contribution in [0.1, 0.15) is 6.92 Å². The Balaban J connectivity index is 1.32. The highest BCUT2D eigenvalue weighted by molar-refractivity contribution is 7.80. The van der Waals surface area contributed by atoms with Crippen LogP contribution in [-0.4, -0.2) is 87.1 Å². The molecule has 0 spiro atoms. The van der Waals surface area contributed by atoms with Gasteiger partial charge in [0.15, 0.2) is 0 Å². The number of amides is 2. The number of hydrogen-bond donors (Lipinski definition) is 1. The van der Waals surface area contributed by atoms with E-state index in [0.29, 0.717) is 43.5 Å². The molecule has 0 bridgehead atoms. The monoisotopic (exact) mass is 474 g/mol. The van der Waals surface area contributed by atoms with Gasteiger partial charge in [-0.05, 0) is 29.3 Å². The zero-order valence-corrected chi connectivity index (χ0v) is 18.6. The van der Waals surface area contributed by atoms with Crippen molar-refractivity contribution in [3.63, 3.8) is 0 Å². The lowest BCUT2D eigenvalue weighted by Crippen LogP contribution is -2.50. The highest BCUT2D eigenvalue weighted by Gasteiger charge is 2.32. The number of rotatable bonds is 5. The van der Waals surface area contributed by atoms with Gasteiger partial charge in [-0.15, -0.1) is 4.68 Å².